The minimum atomic E-state index is -0.614. The van der Waals surface area contributed by atoms with Crippen LogP contribution >= 0.6 is 0 Å². The second kappa shape index (κ2) is 4.01. The number of benzene rings is 1. The summed E-state index contributed by atoms with van der Waals surface area (Å²) in [7, 11) is 0. The molecular formula is C10H10N4O2. The van der Waals surface area contributed by atoms with Gasteiger partial charge in [0, 0.05) is 0 Å². The lowest BCUT2D eigenvalue weighted by Gasteiger charge is -1.89. The Morgan fingerprint density at radius 2 is 1.94 bits per heavy atom. The van der Waals surface area contributed by atoms with Crippen LogP contribution in [0.3, 0.4) is 0 Å². The van der Waals surface area contributed by atoms with E-state index in [2.05, 4.69) is 15.3 Å². The molecule has 82 valence electrons. The summed E-state index contributed by atoms with van der Waals surface area (Å²) < 4.78 is 0. The summed E-state index contributed by atoms with van der Waals surface area (Å²) in [4.78, 5) is 11.7. The van der Waals surface area contributed by atoms with E-state index in [9.17, 15) is 4.79 Å². The molecule has 0 atom stereocenters. The van der Waals surface area contributed by atoms with E-state index >= 15 is 0 Å². The average Bonchev–Trinajstić information content (AvgIpc) is 2.53. The third-order valence-corrected chi connectivity index (χ3v) is 2.05. The highest BCUT2D eigenvalue weighted by atomic mass is 16.5. The van der Waals surface area contributed by atoms with E-state index in [4.69, 9.17) is 5.21 Å². The third kappa shape index (κ3) is 1.85. The van der Waals surface area contributed by atoms with E-state index in [0.717, 1.165) is 0 Å². The van der Waals surface area contributed by atoms with Gasteiger partial charge >= 0.3 is 5.56 Å². The zero-order valence-electron chi connectivity index (χ0n) is 8.58. The summed E-state index contributed by atoms with van der Waals surface area (Å²) in [5.41, 5.74) is 0.600. The normalized spacial score (nSPS) is 11.1. The predicted octanol–water partition coefficient (Wildman–Crippen LogP) is 2.14. The van der Waals surface area contributed by atoms with Crippen molar-refractivity contribution in [1.82, 2.24) is 9.94 Å². The average molecular weight is 218 g/mol. The second-order valence-corrected chi connectivity index (χ2v) is 3.24. The highest BCUT2D eigenvalue weighted by Crippen LogP contribution is 2.16. The lowest BCUT2D eigenvalue weighted by molar-refractivity contribution is 0.139. The van der Waals surface area contributed by atoms with Gasteiger partial charge in [-0.2, -0.15) is 5.11 Å². The number of hydrogen-bond acceptors (Lipinski definition) is 4. The Bertz CT molecular complexity index is 568. The molecule has 6 nitrogen and oxygen atoms in total. The van der Waals surface area contributed by atoms with Crippen molar-refractivity contribution in [1.29, 1.82) is 0 Å². The molecule has 1 aromatic carbocycles. The van der Waals surface area contributed by atoms with Gasteiger partial charge in [0.15, 0.2) is 5.69 Å². The van der Waals surface area contributed by atoms with Crippen molar-refractivity contribution in [3.8, 4) is 0 Å². The molecule has 6 heteroatoms. The molecule has 0 radical (unpaired) electrons. The minimum Gasteiger partial charge on any atom is -0.410 e. The van der Waals surface area contributed by atoms with Gasteiger partial charge < -0.3 is 5.21 Å². The zero-order chi connectivity index (χ0) is 11.5. The fourth-order valence-corrected chi connectivity index (χ4v) is 1.24. The molecule has 16 heavy (non-hydrogen) atoms. The molecule has 0 fully saturated rings. The van der Waals surface area contributed by atoms with Crippen LogP contribution in [0.2, 0.25) is 0 Å². The van der Waals surface area contributed by atoms with E-state index in [0.29, 0.717) is 16.2 Å². The van der Waals surface area contributed by atoms with Crippen molar-refractivity contribution < 1.29 is 5.21 Å². The monoisotopic (exact) mass is 218 g/mol. The van der Waals surface area contributed by atoms with Crippen LogP contribution in [-0.2, 0) is 0 Å². The molecule has 2 N–H and O–H groups in total. The van der Waals surface area contributed by atoms with Gasteiger partial charge in [-0.3, -0.25) is 9.89 Å². The van der Waals surface area contributed by atoms with Crippen molar-refractivity contribution in [2.75, 3.05) is 0 Å². The Labute approximate surface area is 90.8 Å². The van der Waals surface area contributed by atoms with Gasteiger partial charge in [0.1, 0.15) is 0 Å². The van der Waals surface area contributed by atoms with Crippen LogP contribution in [-0.4, -0.2) is 15.2 Å². The van der Waals surface area contributed by atoms with Crippen LogP contribution in [0.25, 0.3) is 0 Å². The number of aromatic amines is 1. The quantitative estimate of drug-likeness (QED) is 0.597. The topological polar surface area (TPSA) is 82.7 Å². The minimum absolute atomic E-state index is 0.103. The standard InChI is InChI=1S/C10H10N4O2/c1-7-9(10(15)14(16)13-7)12-11-8-5-3-2-4-6-8/h2-6,13,16H,1H3. The number of hydrogen-bond donors (Lipinski definition) is 2. The van der Waals surface area contributed by atoms with Crippen LogP contribution in [0, 0.1) is 6.92 Å². The second-order valence-electron chi connectivity index (χ2n) is 3.24. The molecule has 1 aromatic heterocycles. The molecule has 0 amide bonds. The first-order valence-electron chi connectivity index (χ1n) is 4.66. The molecule has 2 aromatic rings. The van der Waals surface area contributed by atoms with Crippen LogP contribution in [0.4, 0.5) is 11.4 Å². The molecule has 0 bridgehead atoms. The molecule has 0 unspecified atom stereocenters. The Hall–Kier alpha value is -2.37. The molecule has 0 aliphatic heterocycles. The Morgan fingerprint density at radius 3 is 2.50 bits per heavy atom. The molecule has 0 saturated carbocycles. The van der Waals surface area contributed by atoms with Gasteiger partial charge in [0.25, 0.3) is 0 Å². The molecule has 2 rings (SSSR count). The first-order valence-corrected chi connectivity index (χ1v) is 4.66. The van der Waals surface area contributed by atoms with Crippen LogP contribution in [0.1, 0.15) is 5.69 Å². The first kappa shape index (κ1) is 10.2. The number of H-pyrrole nitrogens is 1. The fraction of sp³-hybridized carbons (Fsp3) is 0.100. The van der Waals surface area contributed by atoms with Gasteiger partial charge in [-0.15, -0.1) is 5.11 Å². The largest absolute Gasteiger partial charge is 0.410 e. The molecule has 1 heterocycles. The van der Waals surface area contributed by atoms with Crippen LogP contribution in [0.15, 0.2) is 45.4 Å². The molecule has 0 aliphatic carbocycles. The summed E-state index contributed by atoms with van der Waals surface area (Å²) in [6, 6.07) is 9.04. The van der Waals surface area contributed by atoms with Crippen LogP contribution in [0.5, 0.6) is 0 Å². The van der Waals surface area contributed by atoms with Gasteiger partial charge in [-0.05, 0) is 19.1 Å². The van der Waals surface area contributed by atoms with E-state index in [-0.39, 0.29) is 5.69 Å². The summed E-state index contributed by atoms with van der Waals surface area (Å²) in [5, 5.41) is 19.2. The Morgan fingerprint density at radius 1 is 1.25 bits per heavy atom. The number of aromatic nitrogens is 2. The smallest absolute Gasteiger partial charge is 0.329 e. The highest BCUT2D eigenvalue weighted by molar-refractivity contribution is 5.40. The maximum atomic E-state index is 11.3. The first-order chi connectivity index (χ1) is 7.68. The zero-order valence-corrected chi connectivity index (χ0v) is 8.58. The number of nitrogens with zero attached hydrogens (tertiary/aromatic N) is 3. The lowest BCUT2D eigenvalue weighted by Crippen LogP contribution is -2.12. The summed E-state index contributed by atoms with van der Waals surface area (Å²) in [6.07, 6.45) is 0. The van der Waals surface area contributed by atoms with Gasteiger partial charge in [0.05, 0.1) is 11.4 Å². The number of rotatable bonds is 2. The van der Waals surface area contributed by atoms with E-state index in [1.165, 1.54) is 0 Å². The Kier molecular flexibility index (Phi) is 2.55. The fourth-order valence-electron chi connectivity index (χ4n) is 1.24. The predicted molar refractivity (Wildman–Crippen MR) is 57.6 cm³/mol. The molecule has 0 aliphatic rings. The van der Waals surface area contributed by atoms with Gasteiger partial charge in [-0.25, -0.2) is 0 Å². The molecular weight excluding hydrogens is 208 g/mol. The van der Waals surface area contributed by atoms with Gasteiger partial charge in [0.2, 0.25) is 0 Å². The maximum absolute atomic E-state index is 11.3. The Balaban J connectivity index is 2.35. The summed E-state index contributed by atoms with van der Waals surface area (Å²) in [5.74, 6) is 0. The van der Waals surface area contributed by atoms with E-state index in [1.54, 1.807) is 19.1 Å². The van der Waals surface area contributed by atoms with Crippen molar-refractivity contribution in [3.63, 3.8) is 0 Å². The SMILES string of the molecule is Cc1[nH]n(O)c(=O)c1N=Nc1ccccc1. The highest BCUT2D eigenvalue weighted by Gasteiger charge is 2.08. The van der Waals surface area contributed by atoms with Crippen molar-refractivity contribution in [3.05, 3.63) is 46.4 Å². The lowest BCUT2D eigenvalue weighted by atomic mass is 10.3. The van der Waals surface area contributed by atoms with Crippen molar-refractivity contribution >= 4 is 11.4 Å². The van der Waals surface area contributed by atoms with E-state index < -0.39 is 5.56 Å². The molecule has 0 spiro atoms. The number of azo groups is 1. The summed E-state index contributed by atoms with van der Waals surface area (Å²) in [6.45, 7) is 1.63. The molecule has 0 saturated heterocycles. The summed E-state index contributed by atoms with van der Waals surface area (Å²) >= 11 is 0. The van der Waals surface area contributed by atoms with E-state index in [1.807, 2.05) is 18.2 Å². The third-order valence-electron chi connectivity index (χ3n) is 2.05. The van der Waals surface area contributed by atoms with Crippen molar-refractivity contribution in [2.45, 2.75) is 6.92 Å². The number of nitrogens with one attached hydrogen (secondary N) is 1. The van der Waals surface area contributed by atoms with Crippen molar-refractivity contribution in [2.24, 2.45) is 10.2 Å². The maximum Gasteiger partial charge on any atom is 0.329 e. The van der Waals surface area contributed by atoms with Gasteiger partial charge in [-0.1, -0.05) is 23.0 Å². The number of aryl methyl sites for hydroxylation is 1. The van der Waals surface area contributed by atoms with Crippen LogP contribution < -0.4 is 5.56 Å².